The Balaban J connectivity index is 2.37. The Kier molecular flexibility index (Phi) is 10.3. The van der Waals surface area contributed by atoms with E-state index in [4.69, 9.17) is 5.11 Å². The van der Waals surface area contributed by atoms with Crippen LogP contribution in [-0.4, -0.2) is 28.1 Å². The molecule has 0 spiro atoms. The third-order valence-electron chi connectivity index (χ3n) is 4.66. The van der Waals surface area contributed by atoms with Crippen molar-refractivity contribution in [2.45, 2.75) is 77.2 Å². The standard InChI is InChI=1S/C20H32O4/c1-2-3-6-9-17(21)14-12-16-13-15-19(22)18(16)10-7-4-5-8-11-20(23)24/h4,7,12,14,16-18,21H,2-3,5-6,8-11,13,15H2,1H3,(H,23,24)/b7-4+,14-12?/t16-,17-,18+/m0/s1. The van der Waals surface area contributed by atoms with Crippen LogP contribution in [0.5, 0.6) is 0 Å². The molecule has 1 aliphatic rings. The second-order valence-electron chi connectivity index (χ2n) is 6.72. The summed E-state index contributed by atoms with van der Waals surface area (Å²) in [4.78, 5) is 22.5. The number of carboxylic acids is 1. The summed E-state index contributed by atoms with van der Waals surface area (Å²) in [7, 11) is 0. The average Bonchev–Trinajstić information content (AvgIpc) is 2.89. The fourth-order valence-electron chi connectivity index (χ4n) is 3.17. The zero-order valence-corrected chi connectivity index (χ0v) is 14.8. The summed E-state index contributed by atoms with van der Waals surface area (Å²) in [6.45, 7) is 2.14. The van der Waals surface area contributed by atoms with Crippen LogP contribution in [0.15, 0.2) is 24.3 Å². The van der Waals surface area contributed by atoms with E-state index in [9.17, 15) is 14.7 Å². The van der Waals surface area contributed by atoms with Gasteiger partial charge in [-0.1, -0.05) is 50.5 Å². The molecule has 0 aromatic rings. The average molecular weight is 336 g/mol. The molecule has 1 rings (SSSR count). The number of carboxylic acid groups (broad SMARTS) is 1. The minimum atomic E-state index is -0.767. The van der Waals surface area contributed by atoms with Crippen LogP contribution in [0.25, 0.3) is 0 Å². The third kappa shape index (κ3) is 8.44. The Morgan fingerprint density at radius 1 is 1.29 bits per heavy atom. The molecule has 4 heteroatoms. The monoisotopic (exact) mass is 336 g/mol. The van der Waals surface area contributed by atoms with Gasteiger partial charge >= 0.3 is 5.97 Å². The van der Waals surface area contributed by atoms with Gasteiger partial charge in [-0.05, 0) is 38.0 Å². The van der Waals surface area contributed by atoms with E-state index in [2.05, 4.69) is 6.92 Å². The lowest BCUT2D eigenvalue weighted by molar-refractivity contribution is -0.137. The maximum atomic E-state index is 12.0. The first-order valence-corrected chi connectivity index (χ1v) is 9.30. The lowest BCUT2D eigenvalue weighted by Crippen LogP contribution is -2.13. The van der Waals surface area contributed by atoms with E-state index in [1.165, 1.54) is 0 Å². The Labute approximate surface area is 145 Å². The van der Waals surface area contributed by atoms with E-state index in [1.54, 1.807) is 0 Å². The van der Waals surface area contributed by atoms with Crippen LogP contribution in [0.4, 0.5) is 0 Å². The van der Waals surface area contributed by atoms with Gasteiger partial charge in [0.25, 0.3) is 0 Å². The summed E-state index contributed by atoms with van der Waals surface area (Å²) in [5.74, 6) is -0.223. The minimum Gasteiger partial charge on any atom is -0.481 e. The molecule has 1 aliphatic carbocycles. The molecule has 2 N–H and O–H groups in total. The van der Waals surface area contributed by atoms with Crippen molar-refractivity contribution in [2.24, 2.45) is 11.8 Å². The minimum absolute atomic E-state index is 0.0137. The van der Waals surface area contributed by atoms with Crippen molar-refractivity contribution in [3.8, 4) is 0 Å². The molecule has 0 unspecified atom stereocenters. The zero-order chi connectivity index (χ0) is 17.8. The molecule has 1 fully saturated rings. The normalized spacial score (nSPS) is 22.7. The van der Waals surface area contributed by atoms with Gasteiger partial charge in [-0.3, -0.25) is 9.59 Å². The number of carbonyl (C=O) groups is 2. The van der Waals surface area contributed by atoms with Crippen molar-refractivity contribution in [2.75, 3.05) is 0 Å². The van der Waals surface area contributed by atoms with Crippen LogP contribution in [0, 0.1) is 11.8 Å². The van der Waals surface area contributed by atoms with E-state index >= 15 is 0 Å². The van der Waals surface area contributed by atoms with Crippen molar-refractivity contribution >= 4 is 11.8 Å². The zero-order valence-electron chi connectivity index (χ0n) is 14.8. The number of unbranched alkanes of at least 4 members (excludes halogenated alkanes) is 3. The highest BCUT2D eigenvalue weighted by Crippen LogP contribution is 2.33. The second-order valence-corrected chi connectivity index (χ2v) is 6.72. The van der Waals surface area contributed by atoms with E-state index in [0.29, 0.717) is 25.0 Å². The van der Waals surface area contributed by atoms with Gasteiger partial charge in [-0.25, -0.2) is 0 Å². The molecule has 0 amide bonds. The van der Waals surface area contributed by atoms with Gasteiger partial charge in [0.05, 0.1) is 6.10 Å². The molecule has 0 radical (unpaired) electrons. The van der Waals surface area contributed by atoms with Crippen LogP contribution >= 0.6 is 0 Å². The number of Topliss-reactive ketones (excluding diaryl/α,β-unsaturated/α-hetero) is 1. The molecule has 1 saturated carbocycles. The smallest absolute Gasteiger partial charge is 0.303 e. The molecule has 4 nitrogen and oxygen atoms in total. The number of rotatable bonds is 12. The third-order valence-corrected chi connectivity index (χ3v) is 4.66. The summed E-state index contributed by atoms with van der Waals surface area (Å²) < 4.78 is 0. The van der Waals surface area contributed by atoms with Crippen LogP contribution in [0.3, 0.4) is 0 Å². The van der Waals surface area contributed by atoms with Gasteiger partial charge in [0.15, 0.2) is 0 Å². The van der Waals surface area contributed by atoms with Crippen LogP contribution in [0.1, 0.15) is 71.1 Å². The number of aliphatic hydroxyl groups is 1. The van der Waals surface area contributed by atoms with Crippen LogP contribution in [-0.2, 0) is 9.59 Å². The van der Waals surface area contributed by atoms with Crippen LogP contribution < -0.4 is 0 Å². The Morgan fingerprint density at radius 3 is 2.79 bits per heavy atom. The molecular formula is C20H32O4. The van der Waals surface area contributed by atoms with Crippen molar-refractivity contribution in [1.29, 1.82) is 0 Å². The number of allylic oxidation sites excluding steroid dienone is 3. The number of hydrogen-bond acceptors (Lipinski definition) is 3. The number of aliphatic hydroxyl groups excluding tert-OH is 1. The maximum absolute atomic E-state index is 12.0. The lowest BCUT2D eigenvalue weighted by atomic mass is 9.91. The highest BCUT2D eigenvalue weighted by atomic mass is 16.4. The fraction of sp³-hybridized carbons (Fsp3) is 0.700. The number of aliphatic carboxylic acids is 1. The number of carbonyl (C=O) groups excluding carboxylic acids is 1. The molecule has 0 heterocycles. The first kappa shape index (κ1) is 20.6. The lowest BCUT2D eigenvalue weighted by Gasteiger charge is -2.13. The molecule has 136 valence electrons. The van der Waals surface area contributed by atoms with Crippen molar-refractivity contribution in [3.05, 3.63) is 24.3 Å². The molecule has 24 heavy (non-hydrogen) atoms. The van der Waals surface area contributed by atoms with Crippen LogP contribution in [0.2, 0.25) is 0 Å². The fourth-order valence-corrected chi connectivity index (χ4v) is 3.17. The second kappa shape index (κ2) is 12.0. The molecule has 0 saturated heterocycles. The maximum Gasteiger partial charge on any atom is 0.303 e. The largest absolute Gasteiger partial charge is 0.481 e. The Morgan fingerprint density at radius 2 is 2.08 bits per heavy atom. The Bertz CT molecular complexity index is 439. The predicted molar refractivity (Wildman–Crippen MR) is 95.8 cm³/mol. The van der Waals surface area contributed by atoms with Crippen molar-refractivity contribution < 1.29 is 19.8 Å². The highest BCUT2D eigenvalue weighted by molar-refractivity contribution is 5.83. The summed E-state index contributed by atoms with van der Waals surface area (Å²) in [5, 5.41) is 18.6. The van der Waals surface area contributed by atoms with E-state index in [1.807, 2.05) is 24.3 Å². The molecule has 0 aliphatic heterocycles. The summed E-state index contributed by atoms with van der Waals surface area (Å²) in [5.41, 5.74) is 0. The molecule has 0 aromatic heterocycles. The molecule has 0 bridgehead atoms. The summed E-state index contributed by atoms with van der Waals surface area (Å²) in [6, 6.07) is 0. The quantitative estimate of drug-likeness (QED) is 0.412. The van der Waals surface area contributed by atoms with Gasteiger partial charge in [0.1, 0.15) is 5.78 Å². The van der Waals surface area contributed by atoms with E-state index < -0.39 is 12.1 Å². The Hall–Kier alpha value is -1.42. The SMILES string of the molecule is CCCCC[C@H](O)C=C[C@H]1CCC(=O)[C@@H]1C/C=C/CCCC(=O)O. The van der Waals surface area contributed by atoms with Crippen molar-refractivity contribution in [3.63, 3.8) is 0 Å². The first-order chi connectivity index (χ1) is 11.5. The molecule has 0 aromatic carbocycles. The van der Waals surface area contributed by atoms with Gasteiger partial charge in [0, 0.05) is 18.8 Å². The van der Waals surface area contributed by atoms with Gasteiger partial charge in [0.2, 0.25) is 0 Å². The van der Waals surface area contributed by atoms with Gasteiger partial charge in [-0.2, -0.15) is 0 Å². The highest BCUT2D eigenvalue weighted by Gasteiger charge is 2.31. The first-order valence-electron chi connectivity index (χ1n) is 9.30. The van der Waals surface area contributed by atoms with Gasteiger partial charge in [-0.15, -0.1) is 0 Å². The predicted octanol–water partition coefficient (Wildman–Crippen LogP) is 4.28. The van der Waals surface area contributed by atoms with Gasteiger partial charge < -0.3 is 10.2 Å². The van der Waals surface area contributed by atoms with E-state index in [-0.39, 0.29) is 18.3 Å². The number of ketones is 1. The number of hydrogen-bond donors (Lipinski definition) is 2. The summed E-state index contributed by atoms with van der Waals surface area (Å²) >= 11 is 0. The van der Waals surface area contributed by atoms with E-state index in [0.717, 1.165) is 38.5 Å². The topological polar surface area (TPSA) is 74.6 Å². The molecule has 3 atom stereocenters. The summed E-state index contributed by atoms with van der Waals surface area (Å²) in [6.07, 6.45) is 15.4. The van der Waals surface area contributed by atoms with Crippen molar-refractivity contribution in [1.82, 2.24) is 0 Å². The molecular weight excluding hydrogens is 304 g/mol.